The average Bonchev–Trinajstić information content (AvgIpc) is 3.09. The largest absolute Gasteiger partial charge is 0.507 e. The molecule has 3 rings (SSSR count). The Bertz CT molecular complexity index is 1110. The predicted molar refractivity (Wildman–Crippen MR) is 129 cm³/mol. The highest BCUT2D eigenvalue weighted by molar-refractivity contribution is 6.46. The number of aliphatic hydroxyl groups is 1. The molecule has 1 atom stereocenters. The van der Waals surface area contributed by atoms with Crippen molar-refractivity contribution < 1.29 is 29.3 Å². The van der Waals surface area contributed by atoms with Crippen molar-refractivity contribution in [3.05, 3.63) is 58.7 Å². The van der Waals surface area contributed by atoms with Crippen molar-refractivity contribution >= 4 is 17.4 Å². The van der Waals surface area contributed by atoms with Gasteiger partial charge in [-0.15, -0.1) is 0 Å². The molecule has 0 spiro atoms. The Labute approximate surface area is 200 Å². The van der Waals surface area contributed by atoms with E-state index < -0.39 is 23.5 Å². The number of carbonyl (C=O) groups excluding carboxylic acids is 2. The molecule has 1 amide bonds. The lowest BCUT2D eigenvalue weighted by atomic mass is 9.93. The van der Waals surface area contributed by atoms with E-state index in [-0.39, 0.29) is 23.4 Å². The number of amides is 1. The number of ether oxygens (including phenoxy) is 2. The molecule has 1 aliphatic rings. The van der Waals surface area contributed by atoms with Crippen LogP contribution in [-0.2, 0) is 9.59 Å². The van der Waals surface area contributed by atoms with Crippen LogP contribution in [0.4, 0.5) is 0 Å². The van der Waals surface area contributed by atoms with E-state index in [0.29, 0.717) is 23.6 Å². The molecule has 1 heterocycles. The lowest BCUT2D eigenvalue weighted by Crippen LogP contribution is -2.38. The third kappa shape index (κ3) is 4.59. The minimum absolute atomic E-state index is 0.0913. The van der Waals surface area contributed by atoms with Crippen LogP contribution in [0.5, 0.6) is 17.2 Å². The number of likely N-dealkylation sites (tertiary alicyclic amines) is 1. The number of hydrogen-bond acceptors (Lipinski definition) is 7. The van der Waals surface area contributed by atoms with Gasteiger partial charge in [-0.1, -0.05) is 37.6 Å². The van der Waals surface area contributed by atoms with Gasteiger partial charge in [0, 0.05) is 18.7 Å². The number of methoxy groups -OCH3 is 2. The minimum Gasteiger partial charge on any atom is -0.507 e. The molecule has 34 heavy (non-hydrogen) atoms. The zero-order valence-corrected chi connectivity index (χ0v) is 20.3. The molecule has 0 aliphatic carbocycles. The van der Waals surface area contributed by atoms with E-state index in [1.807, 2.05) is 20.8 Å². The fourth-order valence-electron chi connectivity index (χ4n) is 4.33. The summed E-state index contributed by atoms with van der Waals surface area (Å²) in [5, 5.41) is 21.7. The molecule has 8 nitrogen and oxygen atoms in total. The first-order valence-electron chi connectivity index (χ1n) is 11.3. The number of hydrogen-bond donors (Lipinski definition) is 2. The van der Waals surface area contributed by atoms with Crippen LogP contribution in [0, 0.1) is 6.92 Å². The Morgan fingerprint density at radius 3 is 2.41 bits per heavy atom. The molecule has 182 valence electrons. The Morgan fingerprint density at radius 1 is 1.09 bits per heavy atom. The van der Waals surface area contributed by atoms with Gasteiger partial charge in [0.1, 0.15) is 11.5 Å². The summed E-state index contributed by atoms with van der Waals surface area (Å²) in [7, 11) is 2.99. The Kier molecular flexibility index (Phi) is 7.83. The smallest absolute Gasteiger partial charge is 0.295 e. The number of benzene rings is 2. The lowest BCUT2D eigenvalue weighted by Gasteiger charge is -2.29. The highest BCUT2D eigenvalue weighted by Gasteiger charge is 2.47. The summed E-state index contributed by atoms with van der Waals surface area (Å²) in [5.41, 5.74) is 1.28. The highest BCUT2D eigenvalue weighted by Crippen LogP contribution is 2.46. The van der Waals surface area contributed by atoms with Gasteiger partial charge in [0.15, 0.2) is 11.5 Å². The molecular weight excluding hydrogens is 436 g/mol. The number of Topliss-reactive ketones (excluding diaryl/α,β-unsaturated/α-hetero) is 1. The molecule has 0 saturated carbocycles. The number of nitrogens with zero attached hydrogens (tertiary/aromatic N) is 2. The van der Waals surface area contributed by atoms with E-state index in [0.717, 1.165) is 18.7 Å². The molecule has 2 aromatic rings. The van der Waals surface area contributed by atoms with Gasteiger partial charge < -0.3 is 29.5 Å². The number of likely N-dealkylation sites (N-methyl/N-ethyl adjacent to an activating group) is 1. The summed E-state index contributed by atoms with van der Waals surface area (Å²) in [6.07, 6.45) is 0. The molecule has 1 saturated heterocycles. The van der Waals surface area contributed by atoms with Crippen molar-refractivity contribution in [3.63, 3.8) is 0 Å². The van der Waals surface area contributed by atoms with Crippen LogP contribution < -0.4 is 9.47 Å². The van der Waals surface area contributed by atoms with Crippen LogP contribution in [0.25, 0.3) is 5.76 Å². The molecule has 8 heteroatoms. The number of aliphatic hydroxyl groups excluding tert-OH is 1. The minimum atomic E-state index is -0.916. The fraction of sp³-hybridized carbons (Fsp3) is 0.385. The lowest BCUT2D eigenvalue weighted by molar-refractivity contribution is -0.140. The van der Waals surface area contributed by atoms with Gasteiger partial charge in [-0.25, -0.2) is 0 Å². The third-order valence-electron chi connectivity index (χ3n) is 6.23. The molecule has 1 aliphatic heterocycles. The van der Waals surface area contributed by atoms with Crippen molar-refractivity contribution in [2.75, 3.05) is 40.4 Å². The maximum atomic E-state index is 13.3. The van der Waals surface area contributed by atoms with E-state index in [1.54, 1.807) is 30.3 Å². The molecule has 1 fully saturated rings. The molecule has 2 aromatic carbocycles. The zero-order chi connectivity index (χ0) is 25.0. The number of aromatic hydroxyl groups is 1. The van der Waals surface area contributed by atoms with Crippen LogP contribution in [0.15, 0.2) is 42.0 Å². The Morgan fingerprint density at radius 2 is 1.79 bits per heavy atom. The van der Waals surface area contributed by atoms with Gasteiger partial charge in [-0.3, -0.25) is 9.59 Å². The van der Waals surface area contributed by atoms with E-state index in [2.05, 4.69) is 4.90 Å². The first-order valence-corrected chi connectivity index (χ1v) is 11.3. The summed E-state index contributed by atoms with van der Waals surface area (Å²) in [6.45, 7) is 8.28. The quantitative estimate of drug-likeness (QED) is 0.330. The van der Waals surface area contributed by atoms with Crippen LogP contribution in [0.2, 0.25) is 0 Å². The second-order valence-corrected chi connectivity index (χ2v) is 8.12. The standard InChI is InChI=1S/C26H32N2O6/c1-6-27(7-2)13-14-28-22(17-9-8-10-20(33-4)25(17)34-5)21(24(31)26(28)32)23(30)18-15-16(3)11-12-19(18)29/h8-12,15,22,29-30H,6-7,13-14H2,1-5H3/b23-21+. The van der Waals surface area contributed by atoms with Crippen molar-refractivity contribution in [2.45, 2.75) is 26.8 Å². The van der Waals surface area contributed by atoms with Gasteiger partial charge >= 0.3 is 0 Å². The monoisotopic (exact) mass is 468 g/mol. The summed E-state index contributed by atoms with van der Waals surface area (Å²) in [4.78, 5) is 30.1. The second kappa shape index (κ2) is 10.6. The van der Waals surface area contributed by atoms with E-state index >= 15 is 0 Å². The first kappa shape index (κ1) is 25.1. The van der Waals surface area contributed by atoms with Crippen molar-refractivity contribution in [1.82, 2.24) is 9.80 Å². The SMILES string of the molecule is CCN(CC)CCN1C(=O)C(=O)/C(=C(/O)c2cc(C)ccc2O)C1c1cccc(OC)c1OC. The van der Waals surface area contributed by atoms with Crippen LogP contribution in [0.1, 0.15) is 36.6 Å². The van der Waals surface area contributed by atoms with E-state index in [9.17, 15) is 19.8 Å². The Balaban J connectivity index is 2.25. The van der Waals surface area contributed by atoms with E-state index in [4.69, 9.17) is 9.47 Å². The number of carbonyl (C=O) groups is 2. The maximum Gasteiger partial charge on any atom is 0.295 e. The molecule has 2 N–H and O–H groups in total. The van der Waals surface area contributed by atoms with Crippen molar-refractivity contribution in [3.8, 4) is 17.2 Å². The van der Waals surface area contributed by atoms with Gasteiger partial charge in [-0.05, 0) is 38.2 Å². The van der Waals surface area contributed by atoms with Gasteiger partial charge in [0.25, 0.3) is 11.7 Å². The molecular formula is C26H32N2O6. The molecule has 0 aromatic heterocycles. The highest BCUT2D eigenvalue weighted by atomic mass is 16.5. The second-order valence-electron chi connectivity index (χ2n) is 8.12. The van der Waals surface area contributed by atoms with Gasteiger partial charge in [0.2, 0.25) is 0 Å². The topological polar surface area (TPSA) is 99.5 Å². The summed E-state index contributed by atoms with van der Waals surface area (Å²) < 4.78 is 11.0. The number of aryl methyl sites for hydroxylation is 1. The van der Waals surface area contributed by atoms with Crippen LogP contribution >= 0.6 is 0 Å². The number of rotatable bonds is 9. The molecule has 0 bridgehead atoms. The number of para-hydroxylation sites is 1. The summed E-state index contributed by atoms with van der Waals surface area (Å²) >= 11 is 0. The van der Waals surface area contributed by atoms with Crippen molar-refractivity contribution in [2.24, 2.45) is 0 Å². The third-order valence-corrected chi connectivity index (χ3v) is 6.23. The predicted octanol–water partition coefficient (Wildman–Crippen LogP) is 3.48. The number of ketones is 1. The molecule has 0 radical (unpaired) electrons. The summed E-state index contributed by atoms with van der Waals surface area (Å²) in [5.74, 6) is -1.34. The van der Waals surface area contributed by atoms with Gasteiger partial charge in [0.05, 0.1) is 31.4 Å². The summed E-state index contributed by atoms with van der Waals surface area (Å²) in [6, 6.07) is 9.00. The molecule has 1 unspecified atom stereocenters. The first-order chi connectivity index (χ1) is 16.3. The van der Waals surface area contributed by atoms with Crippen LogP contribution in [0.3, 0.4) is 0 Å². The zero-order valence-electron chi connectivity index (χ0n) is 20.3. The number of phenols is 1. The fourth-order valence-corrected chi connectivity index (χ4v) is 4.33. The maximum absolute atomic E-state index is 13.3. The average molecular weight is 469 g/mol. The Hall–Kier alpha value is -3.52. The van der Waals surface area contributed by atoms with E-state index in [1.165, 1.54) is 25.2 Å². The number of phenolic OH excluding ortho intramolecular Hbond substituents is 1. The van der Waals surface area contributed by atoms with Crippen LogP contribution in [-0.4, -0.2) is 72.1 Å². The van der Waals surface area contributed by atoms with Gasteiger partial charge in [-0.2, -0.15) is 0 Å². The normalized spacial score (nSPS) is 17.5. The van der Waals surface area contributed by atoms with Crippen molar-refractivity contribution in [1.29, 1.82) is 0 Å².